The highest BCUT2D eigenvalue weighted by atomic mass is 35.5. The number of hydrogen-bond acceptors (Lipinski definition) is 4. The topological polar surface area (TPSA) is 86.8 Å². The molecular formula is C30H31Cl4N3O4S. The van der Waals surface area contributed by atoms with Gasteiger partial charge in [0.2, 0.25) is 11.8 Å². The average molecular weight is 671 g/mol. The molecule has 1 aliphatic carbocycles. The number of nitrogens with one attached hydrogen (secondary N) is 1. The third kappa shape index (κ3) is 7.91. The lowest BCUT2D eigenvalue weighted by Gasteiger charge is -2.33. The first kappa shape index (κ1) is 32.4. The summed E-state index contributed by atoms with van der Waals surface area (Å²) in [5, 5.41) is 4.35. The molecule has 1 fully saturated rings. The summed E-state index contributed by atoms with van der Waals surface area (Å²) in [4.78, 5) is 28.8. The van der Waals surface area contributed by atoms with Crippen molar-refractivity contribution in [3.63, 3.8) is 0 Å². The number of carbonyl (C=O) groups is 2. The second kappa shape index (κ2) is 14.3. The minimum atomic E-state index is -4.26. The monoisotopic (exact) mass is 669 g/mol. The molecule has 0 saturated heterocycles. The largest absolute Gasteiger partial charge is 0.352 e. The number of hydrogen-bond donors (Lipinski definition) is 1. The summed E-state index contributed by atoms with van der Waals surface area (Å²) < 4.78 is 28.8. The van der Waals surface area contributed by atoms with Crippen molar-refractivity contribution in [2.75, 3.05) is 10.8 Å². The molecule has 1 atom stereocenters. The lowest BCUT2D eigenvalue weighted by molar-refractivity contribution is -0.139. The SMILES string of the molecule is C[C@H](C(=O)NC1CCCCC1)N(Cc1c(Cl)cccc1Cl)C(=O)CN(c1cccc(Cl)c1)S(=O)(=O)c1ccc(Cl)cc1. The Morgan fingerprint density at radius 1 is 0.881 bits per heavy atom. The molecule has 42 heavy (non-hydrogen) atoms. The Balaban J connectivity index is 1.71. The van der Waals surface area contributed by atoms with Crippen LogP contribution in [0.1, 0.15) is 44.6 Å². The Morgan fingerprint density at radius 2 is 1.50 bits per heavy atom. The molecule has 1 N–H and O–H groups in total. The fourth-order valence-corrected chi connectivity index (χ4v) is 7.13. The van der Waals surface area contributed by atoms with Gasteiger partial charge in [-0.05, 0) is 74.4 Å². The molecule has 0 aliphatic heterocycles. The molecule has 0 radical (unpaired) electrons. The van der Waals surface area contributed by atoms with Crippen LogP contribution in [-0.2, 0) is 26.2 Å². The zero-order chi connectivity index (χ0) is 30.4. The Labute approximate surface area is 266 Å². The van der Waals surface area contributed by atoms with Crippen LogP contribution in [-0.4, -0.2) is 43.8 Å². The standard InChI is InChI=1S/C30H31Cl4N3O4S/c1-20(30(39)35-23-8-3-2-4-9-23)36(18-26-27(33)11-6-12-28(26)34)29(38)19-37(24-10-5-7-22(32)17-24)42(40,41)25-15-13-21(31)14-16-25/h5-7,10-17,20,23H,2-4,8-9,18-19H2,1H3,(H,35,39)/t20-/m1/s1. The molecule has 1 saturated carbocycles. The first-order valence-corrected chi connectivity index (χ1v) is 16.5. The second-order valence-corrected chi connectivity index (χ2v) is 13.7. The van der Waals surface area contributed by atoms with Crippen molar-refractivity contribution in [1.82, 2.24) is 10.2 Å². The smallest absolute Gasteiger partial charge is 0.264 e. The molecular weight excluding hydrogens is 640 g/mol. The van der Waals surface area contributed by atoms with E-state index in [4.69, 9.17) is 46.4 Å². The van der Waals surface area contributed by atoms with Crippen LogP contribution >= 0.6 is 46.4 Å². The molecule has 0 heterocycles. The fraction of sp³-hybridized carbons (Fsp3) is 0.333. The number of rotatable bonds is 10. The van der Waals surface area contributed by atoms with Crippen LogP contribution in [0.5, 0.6) is 0 Å². The van der Waals surface area contributed by atoms with E-state index in [2.05, 4.69) is 5.32 Å². The Morgan fingerprint density at radius 3 is 2.12 bits per heavy atom. The minimum absolute atomic E-state index is 0.0165. The van der Waals surface area contributed by atoms with Gasteiger partial charge in [0.05, 0.1) is 10.6 Å². The average Bonchev–Trinajstić information content (AvgIpc) is 2.96. The molecule has 0 aromatic heterocycles. The van der Waals surface area contributed by atoms with Gasteiger partial charge in [0, 0.05) is 38.2 Å². The van der Waals surface area contributed by atoms with Gasteiger partial charge in [0.1, 0.15) is 12.6 Å². The van der Waals surface area contributed by atoms with Crippen molar-refractivity contribution < 1.29 is 18.0 Å². The Kier molecular flexibility index (Phi) is 11.1. The van der Waals surface area contributed by atoms with E-state index in [9.17, 15) is 18.0 Å². The van der Waals surface area contributed by atoms with Gasteiger partial charge in [-0.15, -0.1) is 0 Å². The van der Waals surface area contributed by atoms with E-state index in [1.165, 1.54) is 35.2 Å². The number of benzene rings is 3. The summed E-state index contributed by atoms with van der Waals surface area (Å²) in [6.45, 7) is 0.883. The zero-order valence-corrected chi connectivity index (χ0v) is 26.7. The molecule has 0 spiro atoms. The van der Waals surface area contributed by atoms with Crippen LogP contribution in [0.15, 0.2) is 71.6 Å². The molecule has 4 rings (SSSR count). The molecule has 3 aromatic carbocycles. The van der Waals surface area contributed by atoms with Gasteiger partial charge in [0.15, 0.2) is 0 Å². The summed E-state index contributed by atoms with van der Waals surface area (Å²) >= 11 is 25.1. The maximum absolute atomic E-state index is 14.1. The number of halogens is 4. The Hall–Kier alpha value is -2.49. The van der Waals surface area contributed by atoms with Crippen LogP contribution in [0.25, 0.3) is 0 Å². The first-order valence-electron chi connectivity index (χ1n) is 13.5. The van der Waals surface area contributed by atoms with Gasteiger partial charge in [0.25, 0.3) is 10.0 Å². The van der Waals surface area contributed by atoms with Crippen LogP contribution in [0, 0.1) is 0 Å². The lowest BCUT2D eigenvalue weighted by Crippen LogP contribution is -2.53. The van der Waals surface area contributed by atoms with Crippen LogP contribution in [0.3, 0.4) is 0 Å². The first-order chi connectivity index (χ1) is 20.0. The number of amides is 2. The fourth-order valence-electron chi connectivity index (χ4n) is 4.90. The van der Waals surface area contributed by atoms with Gasteiger partial charge in [-0.25, -0.2) is 8.42 Å². The van der Waals surface area contributed by atoms with Crippen LogP contribution < -0.4 is 9.62 Å². The highest BCUT2D eigenvalue weighted by Crippen LogP contribution is 2.30. The van der Waals surface area contributed by atoms with Crippen LogP contribution in [0.4, 0.5) is 5.69 Å². The maximum atomic E-state index is 14.1. The lowest BCUT2D eigenvalue weighted by atomic mass is 9.95. The van der Waals surface area contributed by atoms with Crippen molar-refractivity contribution in [3.8, 4) is 0 Å². The summed E-state index contributed by atoms with van der Waals surface area (Å²) in [5.41, 5.74) is 0.627. The molecule has 0 bridgehead atoms. The summed E-state index contributed by atoms with van der Waals surface area (Å²) in [6.07, 6.45) is 4.90. The highest BCUT2D eigenvalue weighted by Gasteiger charge is 2.34. The molecule has 2 amide bonds. The van der Waals surface area contributed by atoms with E-state index in [1.54, 1.807) is 43.3 Å². The third-order valence-corrected chi connectivity index (χ3v) is 10.3. The molecule has 224 valence electrons. The van der Waals surface area contributed by atoms with Crippen molar-refractivity contribution in [2.24, 2.45) is 0 Å². The predicted octanol–water partition coefficient (Wildman–Crippen LogP) is 7.36. The number of carbonyl (C=O) groups excluding carboxylic acids is 2. The second-order valence-electron chi connectivity index (χ2n) is 10.2. The number of anilines is 1. The van der Waals surface area contributed by atoms with Gasteiger partial charge in [-0.1, -0.05) is 77.8 Å². The van der Waals surface area contributed by atoms with E-state index in [0.29, 0.717) is 20.6 Å². The van der Waals surface area contributed by atoms with Crippen molar-refractivity contribution in [3.05, 3.63) is 92.4 Å². The van der Waals surface area contributed by atoms with Crippen molar-refractivity contribution in [2.45, 2.75) is 62.6 Å². The van der Waals surface area contributed by atoms with Crippen LogP contribution in [0.2, 0.25) is 20.1 Å². The zero-order valence-electron chi connectivity index (χ0n) is 22.9. The molecule has 7 nitrogen and oxygen atoms in total. The molecule has 12 heteroatoms. The quantitative estimate of drug-likeness (QED) is 0.244. The predicted molar refractivity (Wildman–Crippen MR) is 169 cm³/mol. The van der Waals surface area contributed by atoms with E-state index in [-0.39, 0.29) is 34.1 Å². The summed E-state index contributed by atoms with van der Waals surface area (Å²) in [6, 6.07) is 15.8. The van der Waals surface area contributed by atoms with Gasteiger partial charge < -0.3 is 10.2 Å². The normalized spacial score (nSPS) is 14.7. The Bertz CT molecular complexity index is 1510. The van der Waals surface area contributed by atoms with E-state index < -0.39 is 28.5 Å². The number of nitrogens with zero attached hydrogens (tertiary/aromatic N) is 2. The summed E-state index contributed by atoms with van der Waals surface area (Å²) in [7, 11) is -4.26. The van der Waals surface area contributed by atoms with E-state index in [1.807, 2.05) is 0 Å². The van der Waals surface area contributed by atoms with E-state index >= 15 is 0 Å². The minimum Gasteiger partial charge on any atom is -0.352 e. The van der Waals surface area contributed by atoms with Gasteiger partial charge in [-0.2, -0.15) is 0 Å². The third-order valence-electron chi connectivity index (χ3n) is 7.29. The molecule has 0 unspecified atom stereocenters. The van der Waals surface area contributed by atoms with Gasteiger partial charge in [-0.3, -0.25) is 13.9 Å². The van der Waals surface area contributed by atoms with Crippen molar-refractivity contribution >= 4 is 73.9 Å². The number of sulfonamides is 1. The summed E-state index contributed by atoms with van der Waals surface area (Å²) in [5.74, 6) is -0.969. The highest BCUT2D eigenvalue weighted by molar-refractivity contribution is 7.92. The van der Waals surface area contributed by atoms with Crippen molar-refractivity contribution in [1.29, 1.82) is 0 Å². The molecule has 3 aromatic rings. The molecule has 1 aliphatic rings. The van der Waals surface area contributed by atoms with E-state index in [0.717, 1.165) is 36.4 Å². The maximum Gasteiger partial charge on any atom is 0.264 e. The van der Waals surface area contributed by atoms with Gasteiger partial charge >= 0.3 is 0 Å².